The van der Waals surface area contributed by atoms with Gasteiger partial charge >= 0.3 is 0 Å². The third kappa shape index (κ3) is 2.77. The second-order valence-corrected chi connectivity index (χ2v) is 6.01. The minimum Gasteiger partial charge on any atom is -0.423 e. The van der Waals surface area contributed by atoms with Crippen molar-refractivity contribution in [3.63, 3.8) is 0 Å². The summed E-state index contributed by atoms with van der Waals surface area (Å²) >= 11 is 0. The molecule has 0 spiro atoms. The lowest BCUT2D eigenvalue weighted by Gasteiger charge is -2.36. The van der Waals surface area contributed by atoms with E-state index in [9.17, 15) is 4.39 Å². The summed E-state index contributed by atoms with van der Waals surface area (Å²) in [5.41, 5.74) is 1.18. The van der Waals surface area contributed by atoms with Gasteiger partial charge in [-0.05, 0) is 31.0 Å². The zero-order valence-corrected chi connectivity index (χ0v) is 13.4. The molecular weight excluding hydrogens is 309 g/mol. The van der Waals surface area contributed by atoms with E-state index in [1.807, 2.05) is 6.07 Å². The van der Waals surface area contributed by atoms with Crippen molar-refractivity contribution >= 4 is 22.9 Å². The lowest BCUT2D eigenvalue weighted by Crippen LogP contribution is -2.43. The first-order chi connectivity index (χ1) is 11.7. The molecule has 0 amide bonds. The summed E-state index contributed by atoms with van der Waals surface area (Å²) in [6, 6.07) is 7.31. The van der Waals surface area contributed by atoms with Crippen molar-refractivity contribution < 1.29 is 8.81 Å². The molecule has 1 saturated heterocycles. The van der Waals surface area contributed by atoms with Gasteiger partial charge in [0.25, 0.3) is 6.01 Å². The van der Waals surface area contributed by atoms with Gasteiger partial charge in [-0.1, -0.05) is 0 Å². The van der Waals surface area contributed by atoms with Gasteiger partial charge in [0.05, 0.1) is 0 Å². The number of anilines is 2. The molecule has 3 aromatic rings. The molecule has 0 aliphatic carbocycles. The van der Waals surface area contributed by atoms with Crippen LogP contribution >= 0.6 is 0 Å². The highest BCUT2D eigenvalue weighted by atomic mass is 19.1. The van der Waals surface area contributed by atoms with Crippen LogP contribution in [0.3, 0.4) is 0 Å². The zero-order valence-electron chi connectivity index (χ0n) is 13.4. The molecule has 3 heterocycles. The normalized spacial score (nSPS) is 15.8. The largest absolute Gasteiger partial charge is 0.423 e. The molecular formula is C17H18FN5O. The number of piperidine rings is 1. The zero-order chi connectivity index (χ0) is 16.5. The Kier molecular flexibility index (Phi) is 3.76. The molecule has 1 aliphatic rings. The fraction of sp³-hybridized carbons (Fsp3) is 0.353. The number of rotatable bonds is 3. The van der Waals surface area contributed by atoms with E-state index in [4.69, 9.17) is 4.42 Å². The number of halogens is 1. The molecule has 0 saturated carbocycles. The van der Waals surface area contributed by atoms with E-state index in [1.54, 1.807) is 18.6 Å². The van der Waals surface area contributed by atoms with Crippen molar-refractivity contribution in [3.8, 4) is 0 Å². The quantitative estimate of drug-likeness (QED) is 0.737. The Hall–Kier alpha value is -2.70. The number of benzene rings is 1. The molecule has 0 bridgehead atoms. The summed E-state index contributed by atoms with van der Waals surface area (Å²) in [6.45, 7) is 1.69. The Labute approximate surface area is 138 Å². The average Bonchev–Trinajstić information content (AvgIpc) is 3.05. The maximum Gasteiger partial charge on any atom is 0.298 e. The summed E-state index contributed by atoms with van der Waals surface area (Å²) in [5, 5.41) is 0. The maximum atomic E-state index is 13.3. The van der Waals surface area contributed by atoms with Gasteiger partial charge in [-0.2, -0.15) is 4.98 Å². The average molecular weight is 327 g/mol. The first-order valence-electron chi connectivity index (χ1n) is 8.00. The third-order valence-electron chi connectivity index (χ3n) is 4.55. The lowest BCUT2D eigenvalue weighted by atomic mass is 10.0. The van der Waals surface area contributed by atoms with Crippen LogP contribution in [0.5, 0.6) is 0 Å². The van der Waals surface area contributed by atoms with Gasteiger partial charge in [0, 0.05) is 38.4 Å². The number of aromatic nitrogens is 3. The molecule has 124 valence electrons. The van der Waals surface area contributed by atoms with Gasteiger partial charge < -0.3 is 14.2 Å². The highest BCUT2D eigenvalue weighted by Gasteiger charge is 2.25. The Bertz CT molecular complexity index is 829. The minimum absolute atomic E-state index is 0.299. The molecule has 1 aliphatic heterocycles. The molecule has 2 aromatic heterocycles. The van der Waals surface area contributed by atoms with E-state index < -0.39 is 0 Å². The summed E-state index contributed by atoms with van der Waals surface area (Å²) < 4.78 is 19.0. The van der Waals surface area contributed by atoms with Gasteiger partial charge in [-0.15, -0.1) is 0 Å². The Morgan fingerprint density at radius 2 is 2.08 bits per heavy atom. The lowest BCUT2D eigenvalue weighted by molar-refractivity contribution is 0.452. The van der Waals surface area contributed by atoms with E-state index in [2.05, 4.69) is 31.8 Å². The maximum absolute atomic E-state index is 13.3. The van der Waals surface area contributed by atoms with Crippen molar-refractivity contribution in [1.82, 2.24) is 15.0 Å². The van der Waals surface area contributed by atoms with Gasteiger partial charge in [-0.3, -0.25) is 0 Å². The predicted molar refractivity (Wildman–Crippen MR) is 89.6 cm³/mol. The van der Waals surface area contributed by atoms with E-state index in [1.165, 1.54) is 12.1 Å². The Balaban J connectivity index is 1.45. The Morgan fingerprint density at radius 3 is 2.83 bits per heavy atom. The van der Waals surface area contributed by atoms with Crippen molar-refractivity contribution in [1.29, 1.82) is 0 Å². The number of oxazole rings is 1. The van der Waals surface area contributed by atoms with E-state index in [-0.39, 0.29) is 5.82 Å². The van der Waals surface area contributed by atoms with Crippen LogP contribution in [0.2, 0.25) is 0 Å². The van der Waals surface area contributed by atoms with E-state index >= 15 is 0 Å². The van der Waals surface area contributed by atoms with E-state index in [0.29, 0.717) is 23.2 Å². The van der Waals surface area contributed by atoms with E-state index in [0.717, 1.165) is 31.7 Å². The number of fused-ring (bicyclic) bond motifs is 1. The summed E-state index contributed by atoms with van der Waals surface area (Å²) in [4.78, 5) is 17.0. The highest BCUT2D eigenvalue weighted by molar-refractivity contribution is 5.74. The molecule has 0 radical (unpaired) electrons. The summed E-state index contributed by atoms with van der Waals surface area (Å²) in [7, 11) is 2.06. The summed E-state index contributed by atoms with van der Waals surface area (Å²) in [6.07, 6.45) is 5.28. The number of hydrogen-bond donors (Lipinski definition) is 0. The molecule has 4 rings (SSSR count). The van der Waals surface area contributed by atoms with Crippen molar-refractivity contribution in [2.24, 2.45) is 0 Å². The molecule has 1 fully saturated rings. The van der Waals surface area contributed by atoms with Crippen LogP contribution in [0.15, 0.2) is 41.2 Å². The minimum atomic E-state index is -0.299. The van der Waals surface area contributed by atoms with Crippen molar-refractivity contribution in [2.45, 2.75) is 18.9 Å². The van der Waals surface area contributed by atoms with Gasteiger partial charge in [0.2, 0.25) is 0 Å². The Morgan fingerprint density at radius 1 is 1.25 bits per heavy atom. The summed E-state index contributed by atoms with van der Waals surface area (Å²) in [5.74, 6) is 0.633. The SMILES string of the molecule is CN(c1ccncn1)C1CCN(c2nc3cc(F)ccc3o2)CC1. The number of hydrogen-bond acceptors (Lipinski definition) is 6. The molecule has 6 nitrogen and oxygen atoms in total. The van der Waals surface area contributed by atoms with Crippen LogP contribution in [-0.2, 0) is 0 Å². The van der Waals surface area contributed by atoms with Gasteiger partial charge in [0.15, 0.2) is 5.58 Å². The van der Waals surface area contributed by atoms with Crippen molar-refractivity contribution in [2.75, 3.05) is 29.9 Å². The van der Waals surface area contributed by atoms with Gasteiger partial charge in [0.1, 0.15) is 23.5 Å². The molecule has 0 atom stereocenters. The monoisotopic (exact) mass is 327 g/mol. The van der Waals surface area contributed by atoms with Crippen LogP contribution in [0, 0.1) is 5.82 Å². The van der Waals surface area contributed by atoms with Gasteiger partial charge in [-0.25, -0.2) is 14.4 Å². The topological polar surface area (TPSA) is 58.3 Å². The van der Waals surface area contributed by atoms with Crippen LogP contribution < -0.4 is 9.80 Å². The second-order valence-electron chi connectivity index (χ2n) is 6.01. The highest BCUT2D eigenvalue weighted by Crippen LogP contribution is 2.27. The molecule has 7 heteroatoms. The fourth-order valence-corrected chi connectivity index (χ4v) is 3.15. The second kappa shape index (κ2) is 6.07. The fourth-order valence-electron chi connectivity index (χ4n) is 3.15. The predicted octanol–water partition coefficient (Wildman–Crippen LogP) is 2.86. The van der Waals surface area contributed by atoms with Crippen LogP contribution in [-0.4, -0.2) is 41.1 Å². The van der Waals surface area contributed by atoms with Crippen molar-refractivity contribution in [3.05, 3.63) is 42.6 Å². The standard InChI is InChI=1S/C17H18FN5O/c1-22(16-4-7-19-11-20-16)13-5-8-23(9-6-13)17-21-14-10-12(18)2-3-15(14)24-17/h2-4,7,10-11,13H,5-6,8-9H2,1H3. The first-order valence-corrected chi connectivity index (χ1v) is 8.00. The van der Waals surface area contributed by atoms with Crippen LogP contribution in [0.4, 0.5) is 16.2 Å². The molecule has 0 N–H and O–H groups in total. The molecule has 0 unspecified atom stereocenters. The molecule has 24 heavy (non-hydrogen) atoms. The molecule has 1 aromatic carbocycles. The first kappa shape index (κ1) is 14.9. The third-order valence-corrected chi connectivity index (χ3v) is 4.55. The smallest absolute Gasteiger partial charge is 0.298 e. The number of nitrogens with zero attached hydrogens (tertiary/aromatic N) is 5. The van der Waals surface area contributed by atoms with Crippen LogP contribution in [0.1, 0.15) is 12.8 Å². The van der Waals surface area contributed by atoms with Crippen LogP contribution in [0.25, 0.3) is 11.1 Å².